The topological polar surface area (TPSA) is 93.0 Å². The van der Waals surface area contributed by atoms with E-state index >= 15 is 0 Å². The van der Waals surface area contributed by atoms with Gasteiger partial charge in [-0.3, -0.25) is 4.79 Å². The van der Waals surface area contributed by atoms with E-state index in [0.717, 1.165) is 35.2 Å². The monoisotopic (exact) mass is 354 g/mol. The van der Waals surface area contributed by atoms with Gasteiger partial charge in [0, 0.05) is 28.8 Å². The van der Waals surface area contributed by atoms with E-state index in [1.807, 2.05) is 24.3 Å². The average Bonchev–Trinajstić information content (AvgIpc) is 2.60. The number of aromatic nitrogens is 2. The van der Waals surface area contributed by atoms with Crippen LogP contribution in [0.4, 0.5) is 11.6 Å². The van der Waals surface area contributed by atoms with Gasteiger partial charge in [0.05, 0.1) is 13.0 Å². The first-order chi connectivity index (χ1) is 12.1. The number of hydrogen-bond acceptors (Lipinski definition) is 6. The second kappa shape index (κ2) is 6.00. The molecule has 0 fully saturated rings. The minimum Gasteiger partial charge on any atom is -0.496 e. The van der Waals surface area contributed by atoms with Gasteiger partial charge < -0.3 is 20.8 Å². The molecule has 0 amide bonds. The standard InChI is InChI=1S/C18H18N4O2S/c1-24-12-8-3-2-5-9(12)13-14-10(6-4-7-11(14)23)20-17-15(13)16(19)21-18(25)22-17/h2-3,5,8,13H,4,6-7H2,1H3,(H4,19,20,21,22,25). The summed E-state index contributed by atoms with van der Waals surface area (Å²) in [5.41, 5.74) is 9.55. The van der Waals surface area contributed by atoms with E-state index in [1.165, 1.54) is 0 Å². The Labute approximate surface area is 150 Å². The van der Waals surface area contributed by atoms with E-state index in [0.29, 0.717) is 28.6 Å². The van der Waals surface area contributed by atoms with Gasteiger partial charge in [-0.1, -0.05) is 18.2 Å². The SMILES string of the molecule is COc1ccccc1C1C2=C(CCCC2=O)Nc2nc(=S)[nH]c(N)c21. The number of methoxy groups -OCH3 is 1. The summed E-state index contributed by atoms with van der Waals surface area (Å²) in [4.78, 5) is 20.1. The van der Waals surface area contributed by atoms with E-state index in [9.17, 15) is 4.79 Å². The van der Waals surface area contributed by atoms with Crippen LogP contribution in [0.1, 0.15) is 36.3 Å². The van der Waals surface area contributed by atoms with E-state index in [2.05, 4.69) is 15.3 Å². The largest absolute Gasteiger partial charge is 0.496 e. The van der Waals surface area contributed by atoms with Crippen molar-refractivity contribution in [3.63, 3.8) is 0 Å². The maximum atomic E-state index is 12.8. The first-order valence-corrected chi connectivity index (χ1v) is 8.57. The highest BCUT2D eigenvalue weighted by Crippen LogP contribution is 2.48. The molecule has 1 atom stereocenters. The number of rotatable bonds is 2. The Morgan fingerprint density at radius 2 is 2.12 bits per heavy atom. The zero-order chi connectivity index (χ0) is 17.6. The summed E-state index contributed by atoms with van der Waals surface area (Å²) in [5, 5.41) is 3.29. The number of nitrogen functional groups attached to an aromatic ring is 1. The number of carbonyl (C=O) groups excluding carboxylic acids is 1. The van der Waals surface area contributed by atoms with Gasteiger partial charge in [0.25, 0.3) is 0 Å². The summed E-state index contributed by atoms with van der Waals surface area (Å²) in [6, 6.07) is 7.69. The number of ketones is 1. The predicted molar refractivity (Wildman–Crippen MR) is 98.2 cm³/mol. The van der Waals surface area contributed by atoms with Crippen LogP contribution in [-0.4, -0.2) is 22.9 Å². The second-order valence-electron chi connectivity index (χ2n) is 6.19. The molecule has 0 spiro atoms. The number of benzene rings is 1. The Morgan fingerprint density at radius 1 is 1.32 bits per heavy atom. The molecule has 1 aromatic heterocycles. The number of carbonyl (C=O) groups is 1. The number of para-hydroxylation sites is 1. The van der Waals surface area contributed by atoms with Gasteiger partial charge in [0.15, 0.2) is 10.6 Å². The van der Waals surface area contributed by atoms with E-state index in [-0.39, 0.29) is 11.7 Å². The van der Waals surface area contributed by atoms with Gasteiger partial charge in [0.1, 0.15) is 17.4 Å². The number of nitrogens with zero attached hydrogens (tertiary/aromatic N) is 1. The summed E-state index contributed by atoms with van der Waals surface area (Å²) in [5.74, 6) is 1.56. The molecule has 1 unspecified atom stereocenters. The summed E-state index contributed by atoms with van der Waals surface area (Å²) in [7, 11) is 1.62. The quantitative estimate of drug-likeness (QED) is 0.717. The van der Waals surface area contributed by atoms with Crippen molar-refractivity contribution >= 4 is 29.6 Å². The number of aromatic amines is 1. The summed E-state index contributed by atoms with van der Waals surface area (Å²) in [6.45, 7) is 0. The number of allylic oxidation sites excluding steroid dienone is 2. The molecule has 2 heterocycles. The normalized spacial score (nSPS) is 19.1. The number of ether oxygens (including phenoxy) is 1. The number of hydrogen-bond donors (Lipinski definition) is 3. The maximum absolute atomic E-state index is 12.8. The van der Waals surface area contributed by atoms with Crippen LogP contribution in [0.3, 0.4) is 0 Å². The maximum Gasteiger partial charge on any atom is 0.200 e. The number of anilines is 2. The summed E-state index contributed by atoms with van der Waals surface area (Å²) < 4.78 is 5.86. The van der Waals surface area contributed by atoms with Crippen molar-refractivity contribution in [3.8, 4) is 5.75 Å². The van der Waals surface area contributed by atoms with Crippen molar-refractivity contribution in [1.82, 2.24) is 9.97 Å². The van der Waals surface area contributed by atoms with Crippen LogP contribution >= 0.6 is 12.2 Å². The molecule has 128 valence electrons. The van der Waals surface area contributed by atoms with Crippen molar-refractivity contribution < 1.29 is 9.53 Å². The molecule has 2 aromatic rings. The molecule has 1 aliphatic carbocycles. The zero-order valence-corrected chi connectivity index (χ0v) is 14.6. The number of fused-ring (bicyclic) bond motifs is 1. The Kier molecular flexibility index (Phi) is 3.80. The fourth-order valence-corrected chi connectivity index (χ4v) is 3.92. The van der Waals surface area contributed by atoms with Gasteiger partial charge in [0.2, 0.25) is 0 Å². The molecule has 0 radical (unpaired) electrons. The van der Waals surface area contributed by atoms with Crippen LogP contribution in [0.5, 0.6) is 5.75 Å². The Bertz CT molecular complexity index is 964. The van der Waals surface area contributed by atoms with Gasteiger partial charge in [-0.05, 0) is 31.1 Å². The first kappa shape index (κ1) is 15.8. The molecule has 2 aliphatic rings. The third-order valence-corrected chi connectivity index (χ3v) is 4.95. The molecule has 0 bridgehead atoms. The van der Waals surface area contributed by atoms with Crippen molar-refractivity contribution in [1.29, 1.82) is 0 Å². The van der Waals surface area contributed by atoms with Gasteiger partial charge >= 0.3 is 0 Å². The Morgan fingerprint density at radius 3 is 2.92 bits per heavy atom. The van der Waals surface area contributed by atoms with Crippen molar-refractivity contribution in [2.24, 2.45) is 0 Å². The number of Topliss-reactive ketones (excluding diaryl/α,β-unsaturated/α-hetero) is 1. The van der Waals surface area contributed by atoms with Crippen molar-refractivity contribution in [2.75, 3.05) is 18.2 Å². The molecule has 1 aromatic carbocycles. The molecule has 6 nitrogen and oxygen atoms in total. The van der Waals surface area contributed by atoms with Crippen LogP contribution in [0.25, 0.3) is 0 Å². The highest BCUT2D eigenvalue weighted by molar-refractivity contribution is 7.71. The zero-order valence-electron chi connectivity index (χ0n) is 13.8. The first-order valence-electron chi connectivity index (χ1n) is 8.16. The molecular formula is C18H18N4O2S. The van der Waals surface area contributed by atoms with Crippen LogP contribution < -0.4 is 15.8 Å². The van der Waals surface area contributed by atoms with Gasteiger partial charge in [-0.25, -0.2) is 4.98 Å². The van der Waals surface area contributed by atoms with Crippen molar-refractivity contribution in [2.45, 2.75) is 25.2 Å². The minimum atomic E-state index is -0.324. The lowest BCUT2D eigenvalue weighted by atomic mass is 9.76. The van der Waals surface area contributed by atoms with E-state index in [1.54, 1.807) is 7.11 Å². The third-order valence-electron chi connectivity index (χ3n) is 4.75. The van der Waals surface area contributed by atoms with E-state index < -0.39 is 0 Å². The van der Waals surface area contributed by atoms with Crippen LogP contribution in [0.15, 0.2) is 35.5 Å². The Balaban J connectivity index is 2.03. The number of nitrogens with two attached hydrogens (primary N) is 1. The predicted octanol–water partition coefficient (Wildman–Crippen LogP) is 3.29. The minimum absolute atomic E-state index is 0.136. The highest BCUT2D eigenvalue weighted by atomic mass is 32.1. The smallest absolute Gasteiger partial charge is 0.200 e. The van der Waals surface area contributed by atoms with Crippen LogP contribution in [0, 0.1) is 4.77 Å². The van der Waals surface area contributed by atoms with Gasteiger partial charge in [-0.2, -0.15) is 0 Å². The number of nitrogens with one attached hydrogen (secondary N) is 2. The fraction of sp³-hybridized carbons (Fsp3) is 0.278. The van der Waals surface area contributed by atoms with Crippen molar-refractivity contribution in [3.05, 3.63) is 51.4 Å². The lowest BCUT2D eigenvalue weighted by Crippen LogP contribution is -2.28. The molecule has 7 heteroatoms. The number of H-pyrrole nitrogens is 1. The summed E-state index contributed by atoms with van der Waals surface area (Å²) in [6.07, 6.45) is 2.17. The molecule has 0 saturated carbocycles. The molecule has 0 saturated heterocycles. The second-order valence-corrected chi connectivity index (χ2v) is 6.57. The average molecular weight is 354 g/mol. The molecule has 4 N–H and O–H groups in total. The van der Waals surface area contributed by atoms with Crippen LogP contribution in [0.2, 0.25) is 0 Å². The molecule has 1 aliphatic heterocycles. The Hall–Kier alpha value is -2.67. The highest BCUT2D eigenvalue weighted by Gasteiger charge is 2.38. The van der Waals surface area contributed by atoms with Crippen LogP contribution in [-0.2, 0) is 4.79 Å². The fourth-order valence-electron chi connectivity index (χ4n) is 3.72. The lowest BCUT2D eigenvalue weighted by Gasteiger charge is -2.34. The molecule has 25 heavy (non-hydrogen) atoms. The summed E-state index contributed by atoms with van der Waals surface area (Å²) >= 11 is 5.16. The third kappa shape index (κ3) is 2.51. The molecular weight excluding hydrogens is 336 g/mol. The van der Waals surface area contributed by atoms with Gasteiger partial charge in [-0.15, -0.1) is 0 Å². The lowest BCUT2D eigenvalue weighted by molar-refractivity contribution is -0.116. The molecule has 4 rings (SSSR count). The van der Waals surface area contributed by atoms with E-state index in [4.69, 9.17) is 22.7 Å².